The third kappa shape index (κ3) is 1.58. The molecule has 0 fully saturated rings. The normalized spacial score (nSPS) is 10.8. The first-order valence-electron chi connectivity index (χ1n) is 4.15. The molecule has 0 bridgehead atoms. The number of nitrogens with one attached hydrogen (secondary N) is 1. The van der Waals surface area contributed by atoms with Crippen molar-refractivity contribution in [3.63, 3.8) is 0 Å². The van der Waals surface area contributed by atoms with Crippen LogP contribution in [0.3, 0.4) is 0 Å². The van der Waals surface area contributed by atoms with Crippen LogP contribution < -0.4 is 11.1 Å². The van der Waals surface area contributed by atoms with Gasteiger partial charge < -0.3 is 11.1 Å². The molecule has 4 heteroatoms. The van der Waals surface area contributed by atoms with Gasteiger partial charge in [0.15, 0.2) is 0 Å². The van der Waals surface area contributed by atoms with Crippen LogP contribution in [0.2, 0.25) is 0 Å². The largest absolute Gasteiger partial charge is 0.372 e. The number of rotatable bonds is 3. The van der Waals surface area contributed by atoms with E-state index in [9.17, 15) is 0 Å². The lowest BCUT2D eigenvalue weighted by Crippen LogP contribution is -2.10. The number of anilines is 1. The molecule has 0 saturated heterocycles. The van der Waals surface area contributed by atoms with Crippen LogP contribution >= 0.6 is 0 Å². The summed E-state index contributed by atoms with van der Waals surface area (Å²) in [4.78, 5) is 0. The second-order valence-electron chi connectivity index (χ2n) is 3.01. The van der Waals surface area contributed by atoms with Crippen LogP contribution in [0.5, 0.6) is 0 Å². The molecule has 0 amide bonds. The first-order valence-corrected chi connectivity index (χ1v) is 4.15. The molecule has 0 aliphatic heterocycles. The fourth-order valence-electron chi connectivity index (χ4n) is 1.15. The average Bonchev–Trinajstić information content (AvgIpc) is 2.47. The molecule has 1 aromatic rings. The SMILES string of the molecule is CNc1cc(CN)n(C(C)C)n1. The zero-order valence-electron chi connectivity index (χ0n) is 7.83. The van der Waals surface area contributed by atoms with Gasteiger partial charge in [-0.2, -0.15) is 5.10 Å². The molecule has 4 nitrogen and oxygen atoms in total. The predicted molar refractivity (Wildman–Crippen MR) is 50.1 cm³/mol. The zero-order chi connectivity index (χ0) is 9.14. The summed E-state index contributed by atoms with van der Waals surface area (Å²) in [5.41, 5.74) is 6.63. The molecule has 0 saturated carbocycles. The standard InChI is InChI=1S/C8H16N4/c1-6(2)12-7(5-9)4-8(10-3)11-12/h4,6H,5,9H2,1-3H3,(H,10,11). The number of hydrogen-bond acceptors (Lipinski definition) is 3. The molecule has 3 N–H and O–H groups in total. The lowest BCUT2D eigenvalue weighted by molar-refractivity contribution is 0.511. The Bertz CT molecular complexity index is 252. The first-order chi connectivity index (χ1) is 5.69. The van der Waals surface area contributed by atoms with E-state index in [4.69, 9.17) is 5.73 Å². The number of nitrogens with zero attached hydrogens (tertiary/aromatic N) is 2. The molecule has 0 aromatic carbocycles. The molecule has 0 radical (unpaired) electrons. The predicted octanol–water partition coefficient (Wildman–Crippen LogP) is 0.964. The van der Waals surface area contributed by atoms with Crippen molar-refractivity contribution < 1.29 is 0 Å². The average molecular weight is 168 g/mol. The van der Waals surface area contributed by atoms with Crippen molar-refractivity contribution in [3.8, 4) is 0 Å². The molecule has 0 aliphatic carbocycles. The van der Waals surface area contributed by atoms with Crippen molar-refractivity contribution in [2.45, 2.75) is 26.4 Å². The highest BCUT2D eigenvalue weighted by Gasteiger charge is 2.07. The smallest absolute Gasteiger partial charge is 0.148 e. The third-order valence-corrected chi connectivity index (χ3v) is 1.77. The molecule has 0 aliphatic rings. The van der Waals surface area contributed by atoms with Crippen molar-refractivity contribution >= 4 is 5.82 Å². The Morgan fingerprint density at radius 1 is 1.67 bits per heavy atom. The van der Waals surface area contributed by atoms with Crippen LogP contribution in [0.25, 0.3) is 0 Å². The quantitative estimate of drug-likeness (QED) is 0.707. The summed E-state index contributed by atoms with van der Waals surface area (Å²) in [6.45, 7) is 4.71. The van der Waals surface area contributed by atoms with Gasteiger partial charge in [0.2, 0.25) is 0 Å². The maximum absolute atomic E-state index is 5.57. The molecule has 1 rings (SSSR count). The molecular weight excluding hydrogens is 152 g/mol. The van der Waals surface area contributed by atoms with Crippen molar-refractivity contribution in [1.29, 1.82) is 0 Å². The maximum Gasteiger partial charge on any atom is 0.148 e. The van der Waals surface area contributed by atoms with Crippen LogP contribution in [-0.4, -0.2) is 16.8 Å². The van der Waals surface area contributed by atoms with E-state index in [0.717, 1.165) is 11.5 Å². The van der Waals surface area contributed by atoms with Gasteiger partial charge in [-0.05, 0) is 13.8 Å². The summed E-state index contributed by atoms with van der Waals surface area (Å²) >= 11 is 0. The van der Waals surface area contributed by atoms with Crippen LogP contribution in [0.1, 0.15) is 25.6 Å². The molecule has 1 aromatic heterocycles. The third-order valence-electron chi connectivity index (χ3n) is 1.77. The Labute approximate surface area is 72.8 Å². The van der Waals surface area contributed by atoms with Gasteiger partial charge >= 0.3 is 0 Å². The fraction of sp³-hybridized carbons (Fsp3) is 0.625. The number of nitrogens with two attached hydrogens (primary N) is 1. The topological polar surface area (TPSA) is 55.9 Å². The van der Waals surface area contributed by atoms with Gasteiger partial charge in [-0.3, -0.25) is 4.68 Å². The summed E-state index contributed by atoms with van der Waals surface area (Å²) in [6.07, 6.45) is 0. The van der Waals surface area contributed by atoms with Gasteiger partial charge in [0.1, 0.15) is 5.82 Å². The summed E-state index contributed by atoms with van der Waals surface area (Å²) in [7, 11) is 1.85. The van der Waals surface area contributed by atoms with Crippen LogP contribution in [0.4, 0.5) is 5.82 Å². The van der Waals surface area contributed by atoms with Crippen LogP contribution in [-0.2, 0) is 6.54 Å². The van der Waals surface area contributed by atoms with E-state index in [1.807, 2.05) is 17.8 Å². The molecular formula is C8H16N4. The highest BCUT2D eigenvalue weighted by atomic mass is 15.3. The lowest BCUT2D eigenvalue weighted by Gasteiger charge is -2.08. The second kappa shape index (κ2) is 3.58. The number of hydrogen-bond donors (Lipinski definition) is 2. The monoisotopic (exact) mass is 168 g/mol. The van der Waals surface area contributed by atoms with Crippen molar-refractivity contribution in [3.05, 3.63) is 11.8 Å². The Hall–Kier alpha value is -1.03. The van der Waals surface area contributed by atoms with E-state index >= 15 is 0 Å². The van der Waals surface area contributed by atoms with E-state index in [2.05, 4.69) is 24.3 Å². The lowest BCUT2D eigenvalue weighted by atomic mass is 10.3. The molecule has 12 heavy (non-hydrogen) atoms. The minimum absolute atomic E-state index is 0.366. The van der Waals surface area contributed by atoms with Gasteiger partial charge in [-0.25, -0.2) is 0 Å². The Morgan fingerprint density at radius 3 is 2.67 bits per heavy atom. The summed E-state index contributed by atoms with van der Waals surface area (Å²) < 4.78 is 1.94. The van der Waals surface area contributed by atoms with Crippen molar-refractivity contribution in [2.75, 3.05) is 12.4 Å². The maximum atomic E-state index is 5.57. The van der Waals surface area contributed by atoms with Gasteiger partial charge in [0, 0.05) is 25.7 Å². The van der Waals surface area contributed by atoms with Crippen molar-refractivity contribution in [1.82, 2.24) is 9.78 Å². The number of aromatic nitrogens is 2. The fourth-order valence-corrected chi connectivity index (χ4v) is 1.15. The molecule has 1 heterocycles. The molecule has 0 unspecified atom stereocenters. The van der Waals surface area contributed by atoms with Gasteiger partial charge in [0.05, 0.1) is 5.69 Å². The molecule has 0 atom stereocenters. The Kier molecular flexibility index (Phi) is 2.70. The zero-order valence-corrected chi connectivity index (χ0v) is 7.83. The summed E-state index contributed by atoms with van der Waals surface area (Å²) in [5, 5.41) is 7.31. The van der Waals surface area contributed by atoms with Crippen LogP contribution in [0, 0.1) is 0 Å². The molecule has 0 spiro atoms. The highest BCUT2D eigenvalue weighted by Crippen LogP contribution is 2.13. The van der Waals surface area contributed by atoms with E-state index in [-0.39, 0.29) is 0 Å². The highest BCUT2D eigenvalue weighted by molar-refractivity contribution is 5.35. The Morgan fingerprint density at radius 2 is 2.33 bits per heavy atom. The van der Waals surface area contributed by atoms with Gasteiger partial charge in [-0.15, -0.1) is 0 Å². The van der Waals surface area contributed by atoms with Crippen LogP contribution in [0.15, 0.2) is 6.07 Å². The van der Waals surface area contributed by atoms with Gasteiger partial charge in [0.25, 0.3) is 0 Å². The second-order valence-corrected chi connectivity index (χ2v) is 3.01. The van der Waals surface area contributed by atoms with E-state index in [1.54, 1.807) is 0 Å². The first kappa shape index (κ1) is 9.06. The molecule has 68 valence electrons. The Balaban J connectivity index is 3.00. The minimum Gasteiger partial charge on any atom is -0.372 e. The van der Waals surface area contributed by atoms with E-state index in [0.29, 0.717) is 12.6 Å². The van der Waals surface area contributed by atoms with Crippen molar-refractivity contribution in [2.24, 2.45) is 5.73 Å². The minimum atomic E-state index is 0.366. The summed E-state index contributed by atoms with van der Waals surface area (Å²) in [5.74, 6) is 0.879. The van der Waals surface area contributed by atoms with Gasteiger partial charge in [-0.1, -0.05) is 0 Å². The summed E-state index contributed by atoms with van der Waals surface area (Å²) in [6, 6.07) is 2.34. The van der Waals surface area contributed by atoms with E-state index < -0.39 is 0 Å². The van der Waals surface area contributed by atoms with E-state index in [1.165, 1.54) is 0 Å².